The number of aromatic carboxylic acids is 1. The lowest BCUT2D eigenvalue weighted by molar-refractivity contribution is -0.118. The van der Waals surface area contributed by atoms with Crippen LogP contribution in [0.3, 0.4) is 0 Å². The minimum absolute atomic E-state index is 0.00635. The molecule has 2 aliphatic heterocycles. The van der Waals surface area contributed by atoms with Crippen molar-refractivity contribution in [3.05, 3.63) is 117 Å². The maximum atomic E-state index is 16.4. The minimum atomic E-state index is -1.13. The molecule has 0 unspecified atom stereocenters. The highest BCUT2D eigenvalue weighted by molar-refractivity contribution is 6.31. The summed E-state index contributed by atoms with van der Waals surface area (Å²) >= 11 is 13.0. The van der Waals surface area contributed by atoms with Crippen molar-refractivity contribution in [2.75, 3.05) is 23.9 Å². The summed E-state index contributed by atoms with van der Waals surface area (Å²) in [6, 6.07) is 20.6. The Morgan fingerprint density at radius 1 is 1.06 bits per heavy atom. The van der Waals surface area contributed by atoms with Crippen LogP contribution in [0.4, 0.5) is 15.8 Å². The van der Waals surface area contributed by atoms with Crippen LogP contribution in [0, 0.1) is 11.2 Å². The molecule has 0 aromatic heterocycles. The second-order valence-corrected chi connectivity index (χ2v) is 14.9. The first kappa shape index (κ1) is 34.5. The summed E-state index contributed by atoms with van der Waals surface area (Å²) in [6.45, 7) is 7.29. The minimum Gasteiger partial charge on any atom is -0.508 e. The van der Waals surface area contributed by atoms with Crippen LogP contribution in [0.15, 0.2) is 78.9 Å². The van der Waals surface area contributed by atoms with Crippen molar-refractivity contribution in [2.24, 2.45) is 5.41 Å². The van der Waals surface area contributed by atoms with E-state index in [9.17, 15) is 19.8 Å². The van der Waals surface area contributed by atoms with E-state index in [4.69, 9.17) is 27.9 Å². The zero-order valence-corrected chi connectivity index (χ0v) is 29.1. The summed E-state index contributed by atoms with van der Waals surface area (Å²) in [6.07, 6.45) is 0.640. The second kappa shape index (κ2) is 13.2. The molecule has 11 heteroatoms. The van der Waals surface area contributed by atoms with Crippen LogP contribution in [-0.4, -0.2) is 47.8 Å². The van der Waals surface area contributed by atoms with Crippen molar-refractivity contribution in [1.29, 1.82) is 0 Å². The first-order valence-electron chi connectivity index (χ1n) is 16.0. The standard InChI is InChI=1S/C38H38Cl2FN3O5/c1-37(2,3)18-31-38(20-44(19-21-8-12-24(45)13-9-21)29-17-23(39)11-14-26(29)38)32(25-6-5-7-27(40)33(25)41)34(43-31)35(46)42-28-15-10-22(36(47)48)16-30(28)49-4/h5-17,31-32,34,43,45H,18-20H2,1-4H3,(H,42,46)(H,47,48)/t31-,32-,34+,38-/m0/s1. The van der Waals surface area contributed by atoms with Crippen LogP contribution in [-0.2, 0) is 16.8 Å². The van der Waals surface area contributed by atoms with E-state index in [2.05, 4.69) is 36.3 Å². The Balaban J connectivity index is 1.53. The number of hydrogen-bond acceptors (Lipinski definition) is 6. The molecule has 1 fully saturated rings. The molecule has 1 spiro atoms. The van der Waals surface area contributed by atoms with Crippen LogP contribution in [0.25, 0.3) is 0 Å². The number of phenolic OH excluding ortho intramolecular Hbond substituents is 1. The number of nitrogens with one attached hydrogen (secondary N) is 2. The number of fused-ring (bicyclic) bond motifs is 2. The molecule has 6 rings (SSSR count). The third kappa shape index (κ3) is 6.55. The maximum absolute atomic E-state index is 16.4. The summed E-state index contributed by atoms with van der Waals surface area (Å²) in [5.41, 5.74) is 2.32. The number of rotatable bonds is 8. The Morgan fingerprint density at radius 2 is 1.80 bits per heavy atom. The molecule has 4 atom stereocenters. The van der Waals surface area contributed by atoms with E-state index in [0.717, 1.165) is 16.8 Å². The van der Waals surface area contributed by atoms with Gasteiger partial charge in [-0.05, 0) is 77.1 Å². The quantitative estimate of drug-likeness (QED) is 0.147. The van der Waals surface area contributed by atoms with Gasteiger partial charge in [-0.15, -0.1) is 0 Å². The molecular weight excluding hydrogens is 668 g/mol. The lowest BCUT2D eigenvalue weighted by atomic mass is 9.63. The van der Waals surface area contributed by atoms with E-state index >= 15 is 4.39 Å². The fourth-order valence-electron chi connectivity index (χ4n) is 7.58. The number of hydrogen-bond donors (Lipinski definition) is 4. The van der Waals surface area contributed by atoms with Crippen molar-refractivity contribution in [3.8, 4) is 11.5 Å². The lowest BCUT2D eigenvalue weighted by Gasteiger charge is -2.40. The number of benzene rings is 4. The number of carboxylic acids is 1. The number of aromatic hydroxyl groups is 1. The summed E-state index contributed by atoms with van der Waals surface area (Å²) in [5.74, 6) is -2.57. The van der Waals surface area contributed by atoms with Crippen molar-refractivity contribution < 1.29 is 28.9 Å². The van der Waals surface area contributed by atoms with Gasteiger partial charge in [0.05, 0.1) is 29.4 Å². The molecule has 2 heterocycles. The zero-order chi connectivity index (χ0) is 35.2. The van der Waals surface area contributed by atoms with Gasteiger partial charge in [0.2, 0.25) is 5.91 Å². The maximum Gasteiger partial charge on any atom is 0.335 e. The van der Waals surface area contributed by atoms with Crippen molar-refractivity contribution in [2.45, 2.75) is 57.2 Å². The van der Waals surface area contributed by atoms with Gasteiger partial charge in [0, 0.05) is 41.2 Å². The van der Waals surface area contributed by atoms with Gasteiger partial charge >= 0.3 is 5.97 Å². The van der Waals surface area contributed by atoms with Gasteiger partial charge in [0.1, 0.15) is 17.3 Å². The molecule has 0 aliphatic carbocycles. The number of amides is 1. The molecule has 1 amide bonds. The number of carboxylic acid groups (broad SMARTS) is 1. The van der Waals surface area contributed by atoms with E-state index < -0.39 is 35.1 Å². The average molecular weight is 707 g/mol. The van der Waals surface area contributed by atoms with Gasteiger partial charge in [-0.25, -0.2) is 9.18 Å². The first-order valence-corrected chi connectivity index (χ1v) is 16.7. The monoisotopic (exact) mass is 705 g/mol. The molecule has 256 valence electrons. The Kier molecular flexibility index (Phi) is 9.30. The van der Waals surface area contributed by atoms with E-state index in [0.29, 0.717) is 30.1 Å². The Hall–Kier alpha value is -4.31. The molecule has 49 heavy (non-hydrogen) atoms. The fraction of sp³-hybridized carbons (Fsp3) is 0.316. The molecule has 8 nitrogen and oxygen atoms in total. The third-order valence-electron chi connectivity index (χ3n) is 9.58. The predicted molar refractivity (Wildman–Crippen MR) is 190 cm³/mol. The summed E-state index contributed by atoms with van der Waals surface area (Å²) < 4.78 is 21.8. The van der Waals surface area contributed by atoms with Gasteiger partial charge in [-0.2, -0.15) is 0 Å². The average Bonchev–Trinajstić information content (AvgIpc) is 3.52. The Bertz CT molecular complexity index is 1910. The molecule has 4 aromatic rings. The highest BCUT2D eigenvalue weighted by atomic mass is 35.5. The highest BCUT2D eigenvalue weighted by Gasteiger charge is 2.63. The van der Waals surface area contributed by atoms with Crippen LogP contribution >= 0.6 is 23.2 Å². The number of nitrogens with zero attached hydrogens (tertiary/aromatic N) is 1. The van der Waals surface area contributed by atoms with Crippen molar-refractivity contribution >= 4 is 46.5 Å². The van der Waals surface area contributed by atoms with Crippen molar-refractivity contribution in [3.63, 3.8) is 0 Å². The molecule has 4 N–H and O–H groups in total. The lowest BCUT2D eigenvalue weighted by Crippen LogP contribution is -2.48. The number of methoxy groups -OCH3 is 1. The number of halogens is 3. The SMILES string of the molecule is COc1cc(C(=O)O)ccc1NC(=O)[C@@H]1N[C@@H](CC(C)(C)C)[C@@]2(CN(Cc3ccc(O)cc3)c3cc(Cl)ccc32)[C@H]1c1cccc(Cl)c1F. The first-order chi connectivity index (χ1) is 23.2. The van der Waals surface area contributed by atoms with E-state index in [1.807, 2.05) is 30.3 Å². The normalized spacial score (nSPS) is 21.5. The number of carbonyl (C=O) groups is 2. The van der Waals surface area contributed by atoms with E-state index in [1.54, 1.807) is 24.3 Å². The fourth-order valence-corrected chi connectivity index (χ4v) is 7.93. The summed E-state index contributed by atoms with van der Waals surface area (Å²) in [7, 11) is 1.40. The van der Waals surface area contributed by atoms with Crippen molar-refractivity contribution in [1.82, 2.24) is 5.32 Å². The van der Waals surface area contributed by atoms with Crippen LogP contribution in [0.1, 0.15) is 60.2 Å². The Morgan fingerprint density at radius 3 is 2.47 bits per heavy atom. The molecular formula is C38H38Cl2FN3O5. The molecule has 4 aromatic carbocycles. The van der Waals surface area contributed by atoms with Gasteiger partial charge in [-0.3, -0.25) is 4.79 Å². The molecule has 0 saturated carbocycles. The summed E-state index contributed by atoms with van der Waals surface area (Å²) in [4.78, 5) is 28.4. The van der Waals surface area contributed by atoms with Gasteiger partial charge in [0.15, 0.2) is 0 Å². The zero-order valence-electron chi connectivity index (χ0n) is 27.6. The molecule has 0 radical (unpaired) electrons. The van der Waals surface area contributed by atoms with Gasteiger partial charge in [0.25, 0.3) is 0 Å². The second-order valence-electron chi connectivity index (χ2n) is 14.0. The third-order valence-corrected chi connectivity index (χ3v) is 10.1. The van der Waals surface area contributed by atoms with Crippen LogP contribution in [0.2, 0.25) is 10.0 Å². The number of ether oxygens (including phenoxy) is 1. The van der Waals surface area contributed by atoms with E-state index in [-0.39, 0.29) is 39.2 Å². The van der Waals surface area contributed by atoms with Crippen LogP contribution in [0.5, 0.6) is 11.5 Å². The predicted octanol–water partition coefficient (Wildman–Crippen LogP) is 8.00. The molecule has 0 bridgehead atoms. The smallest absolute Gasteiger partial charge is 0.335 e. The molecule has 1 saturated heterocycles. The summed E-state index contributed by atoms with van der Waals surface area (Å²) in [5, 5.41) is 26.5. The highest BCUT2D eigenvalue weighted by Crippen LogP contribution is 2.58. The van der Waals surface area contributed by atoms with E-state index in [1.165, 1.54) is 31.4 Å². The van der Waals surface area contributed by atoms with Crippen LogP contribution < -0.4 is 20.3 Å². The topological polar surface area (TPSA) is 111 Å². The molecule has 2 aliphatic rings. The number of phenols is 1. The van der Waals surface area contributed by atoms with Gasteiger partial charge < -0.3 is 30.5 Å². The number of carbonyl (C=O) groups excluding carboxylic acids is 1. The Labute approximate surface area is 294 Å². The largest absolute Gasteiger partial charge is 0.508 e. The van der Waals surface area contributed by atoms with Gasteiger partial charge in [-0.1, -0.05) is 74.3 Å². The number of anilines is 2.